The summed E-state index contributed by atoms with van der Waals surface area (Å²) < 4.78 is 1.73. The van der Waals surface area contributed by atoms with Gasteiger partial charge in [0.15, 0.2) is 0 Å². The standard InChI is InChI=1S/C15H17N3O3S/c1-18-12-5-3-2-4-10(12)11(17-18)8-13(19)16-15(14(20)21)6-7-22-9-15/h2-5H,6-9H2,1H3,(H,16,19)(H,20,21). The molecule has 1 aliphatic heterocycles. The van der Waals surface area contributed by atoms with Gasteiger partial charge in [-0.3, -0.25) is 9.48 Å². The number of aryl methyl sites for hydroxylation is 1. The molecule has 2 N–H and O–H groups in total. The highest BCUT2D eigenvalue weighted by atomic mass is 32.2. The number of aliphatic carboxylic acids is 1. The number of rotatable bonds is 4. The van der Waals surface area contributed by atoms with Crippen LogP contribution in [0.1, 0.15) is 12.1 Å². The Hall–Kier alpha value is -2.02. The predicted octanol–water partition coefficient (Wildman–Crippen LogP) is 1.19. The van der Waals surface area contributed by atoms with Gasteiger partial charge in [0.25, 0.3) is 0 Å². The number of carbonyl (C=O) groups excluding carboxylic acids is 1. The number of para-hydroxylation sites is 1. The molecule has 0 spiro atoms. The average Bonchev–Trinajstić information content (AvgIpc) is 3.07. The lowest BCUT2D eigenvalue weighted by molar-refractivity contribution is -0.146. The SMILES string of the molecule is Cn1nc(CC(=O)NC2(C(=O)O)CCSC2)c2ccccc21. The van der Waals surface area contributed by atoms with E-state index in [0.29, 0.717) is 17.9 Å². The highest BCUT2D eigenvalue weighted by Crippen LogP contribution is 2.28. The number of amides is 1. The summed E-state index contributed by atoms with van der Waals surface area (Å²) in [6, 6.07) is 7.68. The van der Waals surface area contributed by atoms with Crippen molar-refractivity contribution in [1.82, 2.24) is 15.1 Å². The molecule has 1 fully saturated rings. The van der Waals surface area contributed by atoms with Crippen molar-refractivity contribution in [2.75, 3.05) is 11.5 Å². The van der Waals surface area contributed by atoms with E-state index in [1.807, 2.05) is 31.3 Å². The molecule has 1 aliphatic rings. The molecule has 1 saturated heterocycles. The van der Waals surface area contributed by atoms with E-state index >= 15 is 0 Å². The van der Waals surface area contributed by atoms with Gasteiger partial charge in [0.05, 0.1) is 17.6 Å². The number of fused-ring (bicyclic) bond motifs is 1. The molecule has 3 rings (SSSR count). The summed E-state index contributed by atoms with van der Waals surface area (Å²) in [5, 5.41) is 17.4. The first kappa shape index (κ1) is 14.9. The average molecular weight is 319 g/mol. The molecule has 1 amide bonds. The summed E-state index contributed by atoms with van der Waals surface area (Å²) in [5.41, 5.74) is 0.489. The highest BCUT2D eigenvalue weighted by molar-refractivity contribution is 7.99. The number of carbonyl (C=O) groups is 2. The first-order valence-electron chi connectivity index (χ1n) is 7.05. The lowest BCUT2D eigenvalue weighted by atomic mass is 9.99. The summed E-state index contributed by atoms with van der Waals surface area (Å²) in [6.45, 7) is 0. The van der Waals surface area contributed by atoms with Crippen LogP contribution in [0.5, 0.6) is 0 Å². The van der Waals surface area contributed by atoms with E-state index in [4.69, 9.17) is 0 Å². The van der Waals surface area contributed by atoms with Gasteiger partial charge in [-0.25, -0.2) is 4.79 Å². The van der Waals surface area contributed by atoms with Crippen LogP contribution in [0.4, 0.5) is 0 Å². The third-order valence-corrected chi connectivity index (χ3v) is 5.16. The number of carboxylic acids is 1. The van der Waals surface area contributed by atoms with Gasteiger partial charge in [-0.2, -0.15) is 16.9 Å². The molecule has 22 heavy (non-hydrogen) atoms. The first-order chi connectivity index (χ1) is 10.5. The minimum absolute atomic E-state index is 0.0844. The van der Waals surface area contributed by atoms with Gasteiger partial charge >= 0.3 is 5.97 Å². The van der Waals surface area contributed by atoms with Gasteiger partial charge in [0.2, 0.25) is 5.91 Å². The van der Waals surface area contributed by atoms with Crippen molar-refractivity contribution >= 4 is 34.5 Å². The maximum Gasteiger partial charge on any atom is 0.330 e. The van der Waals surface area contributed by atoms with Crippen molar-refractivity contribution in [1.29, 1.82) is 0 Å². The fourth-order valence-corrected chi connectivity index (χ4v) is 4.09. The molecule has 6 nitrogen and oxygen atoms in total. The zero-order chi connectivity index (χ0) is 15.7. The Morgan fingerprint density at radius 2 is 2.23 bits per heavy atom. The lowest BCUT2D eigenvalue weighted by Crippen LogP contribution is -2.55. The largest absolute Gasteiger partial charge is 0.479 e. The summed E-state index contributed by atoms with van der Waals surface area (Å²) in [6.07, 6.45) is 0.544. The van der Waals surface area contributed by atoms with Crippen LogP contribution in [0.25, 0.3) is 10.9 Å². The maximum atomic E-state index is 12.3. The molecule has 2 aromatic rings. The number of aromatic nitrogens is 2. The van der Waals surface area contributed by atoms with Gasteiger partial charge < -0.3 is 10.4 Å². The minimum Gasteiger partial charge on any atom is -0.479 e. The summed E-state index contributed by atoms with van der Waals surface area (Å²) >= 11 is 1.55. The Balaban J connectivity index is 1.80. The van der Waals surface area contributed by atoms with Gasteiger partial charge in [-0.15, -0.1) is 0 Å². The van der Waals surface area contributed by atoms with E-state index in [1.165, 1.54) is 0 Å². The zero-order valence-electron chi connectivity index (χ0n) is 12.2. The molecular formula is C15H17N3O3S. The van der Waals surface area contributed by atoms with Crippen LogP contribution in [0.2, 0.25) is 0 Å². The number of benzene rings is 1. The van der Waals surface area contributed by atoms with E-state index in [0.717, 1.165) is 16.7 Å². The molecule has 0 bridgehead atoms. The molecule has 1 aromatic heterocycles. The van der Waals surface area contributed by atoms with Gasteiger partial charge in [-0.1, -0.05) is 18.2 Å². The fourth-order valence-electron chi connectivity index (χ4n) is 2.77. The summed E-state index contributed by atoms with van der Waals surface area (Å²) in [7, 11) is 1.83. The second kappa shape index (κ2) is 5.64. The number of carboxylic acid groups (broad SMARTS) is 1. The van der Waals surface area contributed by atoms with Crippen LogP contribution >= 0.6 is 11.8 Å². The minimum atomic E-state index is -1.13. The molecule has 7 heteroatoms. The number of hydrogen-bond donors (Lipinski definition) is 2. The molecular weight excluding hydrogens is 302 g/mol. The molecule has 2 heterocycles. The zero-order valence-corrected chi connectivity index (χ0v) is 13.0. The monoisotopic (exact) mass is 319 g/mol. The first-order valence-corrected chi connectivity index (χ1v) is 8.20. The van der Waals surface area contributed by atoms with Crippen LogP contribution in [-0.4, -0.2) is 43.8 Å². The van der Waals surface area contributed by atoms with Crippen LogP contribution in [0.15, 0.2) is 24.3 Å². The number of hydrogen-bond acceptors (Lipinski definition) is 4. The van der Waals surface area contributed by atoms with E-state index in [9.17, 15) is 14.7 Å². The van der Waals surface area contributed by atoms with Gasteiger partial charge in [0, 0.05) is 18.2 Å². The number of nitrogens with one attached hydrogen (secondary N) is 1. The van der Waals surface area contributed by atoms with Crippen LogP contribution in [0.3, 0.4) is 0 Å². The normalized spacial score (nSPS) is 21.1. The molecule has 1 aromatic carbocycles. The molecule has 0 radical (unpaired) electrons. The Labute approximate surface area is 131 Å². The second-order valence-electron chi connectivity index (χ2n) is 5.50. The molecule has 0 saturated carbocycles. The van der Waals surface area contributed by atoms with E-state index in [-0.39, 0.29) is 12.3 Å². The van der Waals surface area contributed by atoms with Crippen molar-refractivity contribution < 1.29 is 14.7 Å². The third kappa shape index (κ3) is 2.56. The van der Waals surface area contributed by atoms with Crippen LogP contribution < -0.4 is 5.32 Å². The van der Waals surface area contributed by atoms with E-state index < -0.39 is 11.5 Å². The van der Waals surface area contributed by atoms with Crippen molar-refractivity contribution in [3.8, 4) is 0 Å². The third-order valence-electron chi connectivity index (χ3n) is 3.97. The van der Waals surface area contributed by atoms with Crippen molar-refractivity contribution in [2.45, 2.75) is 18.4 Å². The predicted molar refractivity (Wildman–Crippen MR) is 84.9 cm³/mol. The Bertz CT molecular complexity index is 735. The lowest BCUT2D eigenvalue weighted by Gasteiger charge is -2.24. The van der Waals surface area contributed by atoms with Crippen LogP contribution in [-0.2, 0) is 23.1 Å². The maximum absolute atomic E-state index is 12.3. The fraction of sp³-hybridized carbons (Fsp3) is 0.400. The molecule has 1 atom stereocenters. The Morgan fingerprint density at radius 3 is 2.91 bits per heavy atom. The Morgan fingerprint density at radius 1 is 1.45 bits per heavy atom. The number of nitrogens with zero attached hydrogens (tertiary/aromatic N) is 2. The second-order valence-corrected chi connectivity index (χ2v) is 6.61. The summed E-state index contributed by atoms with van der Waals surface area (Å²) in [4.78, 5) is 23.8. The molecule has 1 unspecified atom stereocenters. The number of thioether (sulfide) groups is 1. The quantitative estimate of drug-likeness (QED) is 0.884. The van der Waals surface area contributed by atoms with Gasteiger partial charge in [0.1, 0.15) is 5.54 Å². The topological polar surface area (TPSA) is 84.2 Å². The van der Waals surface area contributed by atoms with Gasteiger partial charge in [-0.05, 0) is 18.2 Å². The molecule has 116 valence electrons. The van der Waals surface area contributed by atoms with Crippen molar-refractivity contribution in [2.24, 2.45) is 7.05 Å². The summed E-state index contributed by atoms with van der Waals surface area (Å²) in [5.74, 6) is -0.0960. The van der Waals surface area contributed by atoms with Crippen molar-refractivity contribution in [3.63, 3.8) is 0 Å². The van der Waals surface area contributed by atoms with E-state index in [1.54, 1.807) is 16.4 Å². The smallest absolute Gasteiger partial charge is 0.330 e. The van der Waals surface area contributed by atoms with Crippen LogP contribution in [0, 0.1) is 0 Å². The van der Waals surface area contributed by atoms with E-state index in [2.05, 4.69) is 10.4 Å². The highest BCUT2D eigenvalue weighted by Gasteiger charge is 2.43. The van der Waals surface area contributed by atoms with Crippen molar-refractivity contribution in [3.05, 3.63) is 30.0 Å². The molecule has 0 aliphatic carbocycles. The Kier molecular flexibility index (Phi) is 3.82.